The van der Waals surface area contributed by atoms with Crippen molar-refractivity contribution in [1.29, 1.82) is 5.26 Å². The number of fused-ring (bicyclic) bond motifs is 2. The molecule has 1 aliphatic carbocycles. The van der Waals surface area contributed by atoms with Crippen molar-refractivity contribution in [2.45, 2.75) is 12.8 Å². The second-order valence-electron chi connectivity index (χ2n) is 12.8. The molecule has 0 N–H and O–H groups in total. The number of hydrogen-bond donors (Lipinski definition) is 0. The summed E-state index contributed by atoms with van der Waals surface area (Å²) < 4.78 is 0. The first-order valence-corrected chi connectivity index (χ1v) is 17.4. The minimum Gasteiger partial charge on any atom is -0.228 e. The molecule has 0 amide bonds. The Kier molecular flexibility index (Phi) is 7.96. The monoisotopic (exact) mass is 665 g/mol. The van der Waals surface area contributed by atoms with Crippen molar-refractivity contribution in [2.24, 2.45) is 0 Å². The molecule has 52 heavy (non-hydrogen) atoms. The summed E-state index contributed by atoms with van der Waals surface area (Å²) >= 11 is 0. The van der Waals surface area contributed by atoms with Crippen LogP contribution in [0.2, 0.25) is 0 Å². The molecule has 0 atom stereocenters. The van der Waals surface area contributed by atoms with Gasteiger partial charge in [0.05, 0.1) is 28.0 Å². The van der Waals surface area contributed by atoms with Gasteiger partial charge < -0.3 is 0 Å². The van der Waals surface area contributed by atoms with Gasteiger partial charge in [0.15, 0.2) is 11.6 Å². The van der Waals surface area contributed by atoms with Crippen molar-refractivity contribution in [1.82, 2.24) is 19.9 Å². The number of para-hydroxylation sites is 2. The Balaban J connectivity index is 1.07. The van der Waals surface area contributed by atoms with Gasteiger partial charge >= 0.3 is 0 Å². The lowest BCUT2D eigenvalue weighted by Gasteiger charge is -2.13. The minimum atomic E-state index is 0.632. The Hall–Kier alpha value is -7.03. The van der Waals surface area contributed by atoms with E-state index >= 15 is 0 Å². The summed E-state index contributed by atoms with van der Waals surface area (Å²) in [5.74, 6) is 1.43. The van der Waals surface area contributed by atoms with Crippen LogP contribution in [-0.4, -0.2) is 19.9 Å². The summed E-state index contributed by atoms with van der Waals surface area (Å²) in [7, 11) is 0. The van der Waals surface area contributed by atoms with Gasteiger partial charge in [0.1, 0.15) is 6.07 Å². The van der Waals surface area contributed by atoms with Crippen LogP contribution in [0, 0.1) is 11.3 Å². The van der Waals surface area contributed by atoms with E-state index in [1.807, 2.05) is 84.9 Å². The van der Waals surface area contributed by atoms with Crippen molar-refractivity contribution in [3.05, 3.63) is 175 Å². The molecule has 8 aromatic rings. The molecule has 6 aromatic carbocycles. The number of benzene rings is 6. The fraction of sp³-hybridized carbons (Fsp3) is 0.0426. The minimum absolute atomic E-state index is 0.632. The van der Waals surface area contributed by atoms with Crippen LogP contribution in [-0.2, 0) is 0 Å². The number of aromatic nitrogens is 4. The number of nitriles is 1. The van der Waals surface area contributed by atoms with Crippen LogP contribution in [0.4, 0.5) is 0 Å². The molecule has 0 aliphatic heterocycles. The molecule has 2 aromatic heterocycles. The molecular formula is C47H31N5. The maximum atomic E-state index is 10.5. The average Bonchev–Trinajstić information content (AvgIpc) is 3.23. The summed E-state index contributed by atoms with van der Waals surface area (Å²) in [6.07, 6.45) is 8.54. The van der Waals surface area contributed by atoms with E-state index in [4.69, 9.17) is 19.9 Å². The summed E-state index contributed by atoms with van der Waals surface area (Å²) in [6, 6.07) is 51.6. The quantitative estimate of drug-likeness (QED) is 0.177. The Morgan fingerprint density at radius 2 is 0.962 bits per heavy atom. The second-order valence-corrected chi connectivity index (χ2v) is 12.8. The molecule has 9 rings (SSSR count). The molecule has 0 radical (unpaired) electrons. The lowest BCUT2D eigenvalue weighted by Crippen LogP contribution is -1.99. The van der Waals surface area contributed by atoms with Crippen LogP contribution in [0.25, 0.3) is 83.5 Å². The van der Waals surface area contributed by atoms with E-state index in [1.54, 1.807) is 0 Å². The molecule has 244 valence electrons. The molecule has 0 unspecified atom stereocenters. The van der Waals surface area contributed by atoms with E-state index in [1.165, 1.54) is 0 Å². The van der Waals surface area contributed by atoms with E-state index < -0.39 is 0 Å². The van der Waals surface area contributed by atoms with Gasteiger partial charge in [0.25, 0.3) is 0 Å². The zero-order valence-corrected chi connectivity index (χ0v) is 28.2. The maximum absolute atomic E-state index is 10.5. The largest absolute Gasteiger partial charge is 0.228 e. The number of allylic oxidation sites excluding steroid dienone is 4. The molecule has 0 spiro atoms. The third-order valence-electron chi connectivity index (χ3n) is 9.61. The van der Waals surface area contributed by atoms with E-state index in [0.717, 1.165) is 96.4 Å². The highest BCUT2D eigenvalue weighted by Gasteiger charge is 2.16. The third-order valence-corrected chi connectivity index (χ3v) is 9.61. The fourth-order valence-electron chi connectivity index (χ4n) is 6.99. The molecule has 0 fully saturated rings. The van der Waals surface area contributed by atoms with E-state index in [9.17, 15) is 5.26 Å². The first kappa shape index (κ1) is 31.0. The third kappa shape index (κ3) is 5.73. The molecule has 5 heteroatoms. The van der Waals surface area contributed by atoms with Crippen molar-refractivity contribution in [3.63, 3.8) is 0 Å². The highest BCUT2D eigenvalue weighted by molar-refractivity contribution is 5.95. The van der Waals surface area contributed by atoms with Gasteiger partial charge in [-0.15, -0.1) is 0 Å². The first-order chi connectivity index (χ1) is 25.7. The standard InChI is InChI=1S/C47H31N5/c48-30-41-37(31-22-26-33(27-23-31)44-39-16-7-9-20-42(39)49-46(51-44)35-12-3-1-4-13-35)18-11-19-38(41)32-24-28-34(29-25-32)45-40-17-8-10-21-43(40)50-47(52-45)36-14-5-2-6-15-36/h1,3-5,7-29H,2,6H2. The summed E-state index contributed by atoms with van der Waals surface area (Å²) in [4.78, 5) is 19.8. The van der Waals surface area contributed by atoms with Crippen molar-refractivity contribution >= 4 is 27.4 Å². The van der Waals surface area contributed by atoms with Crippen LogP contribution in [0.1, 0.15) is 24.2 Å². The normalized spacial score (nSPS) is 12.5. The van der Waals surface area contributed by atoms with Crippen molar-refractivity contribution in [3.8, 4) is 62.2 Å². The van der Waals surface area contributed by atoms with Gasteiger partial charge in [-0.2, -0.15) is 5.26 Å². The fourth-order valence-corrected chi connectivity index (χ4v) is 6.99. The zero-order valence-electron chi connectivity index (χ0n) is 28.2. The molecule has 2 heterocycles. The highest BCUT2D eigenvalue weighted by atomic mass is 14.9. The van der Waals surface area contributed by atoms with E-state index in [0.29, 0.717) is 11.4 Å². The van der Waals surface area contributed by atoms with Gasteiger partial charge in [-0.25, -0.2) is 19.9 Å². The molecule has 5 nitrogen and oxygen atoms in total. The predicted octanol–water partition coefficient (Wildman–Crippen LogP) is 11.5. The van der Waals surface area contributed by atoms with Crippen LogP contribution < -0.4 is 0 Å². The van der Waals surface area contributed by atoms with Gasteiger partial charge in [-0.3, -0.25) is 0 Å². The summed E-state index contributed by atoms with van der Waals surface area (Å²) in [5, 5.41) is 12.5. The van der Waals surface area contributed by atoms with Gasteiger partial charge in [-0.1, -0.05) is 152 Å². The summed E-state index contributed by atoms with van der Waals surface area (Å²) in [5.41, 5.74) is 11.9. The molecule has 0 saturated carbocycles. The Bertz CT molecular complexity index is 2720. The smallest absolute Gasteiger partial charge is 0.160 e. The number of hydrogen-bond acceptors (Lipinski definition) is 5. The lowest BCUT2D eigenvalue weighted by molar-refractivity contribution is 1.03. The van der Waals surface area contributed by atoms with Gasteiger partial charge in [-0.05, 0) is 36.1 Å². The highest BCUT2D eigenvalue weighted by Crippen LogP contribution is 2.36. The zero-order chi connectivity index (χ0) is 34.9. The lowest BCUT2D eigenvalue weighted by atomic mass is 9.91. The number of nitrogens with zero attached hydrogens (tertiary/aromatic N) is 5. The number of rotatable bonds is 6. The Morgan fingerprint density at radius 1 is 0.442 bits per heavy atom. The maximum Gasteiger partial charge on any atom is 0.160 e. The molecule has 1 aliphatic rings. The van der Waals surface area contributed by atoms with E-state index in [-0.39, 0.29) is 0 Å². The average molecular weight is 666 g/mol. The SMILES string of the molecule is N#Cc1c(-c2ccc(-c3nc(C4=CCCC=C4)nc4ccccc34)cc2)cccc1-c1ccc(-c2nc(-c3ccccc3)nc3ccccc23)cc1. The Morgan fingerprint density at radius 3 is 1.52 bits per heavy atom. The summed E-state index contributed by atoms with van der Waals surface area (Å²) in [6.45, 7) is 0. The van der Waals surface area contributed by atoms with Crippen LogP contribution >= 0.6 is 0 Å². The van der Waals surface area contributed by atoms with E-state index in [2.05, 4.69) is 85.0 Å². The molecule has 0 bridgehead atoms. The van der Waals surface area contributed by atoms with Crippen LogP contribution in [0.15, 0.2) is 164 Å². The molecular weight excluding hydrogens is 635 g/mol. The second kappa shape index (κ2) is 13.4. The van der Waals surface area contributed by atoms with Crippen LogP contribution in [0.3, 0.4) is 0 Å². The van der Waals surface area contributed by atoms with Crippen LogP contribution in [0.5, 0.6) is 0 Å². The van der Waals surface area contributed by atoms with Crippen molar-refractivity contribution in [2.75, 3.05) is 0 Å². The van der Waals surface area contributed by atoms with Gasteiger partial charge in [0, 0.05) is 44.2 Å². The van der Waals surface area contributed by atoms with Crippen molar-refractivity contribution < 1.29 is 0 Å². The first-order valence-electron chi connectivity index (χ1n) is 17.4. The Labute approximate surface area is 302 Å². The van der Waals surface area contributed by atoms with Gasteiger partial charge in [0.2, 0.25) is 0 Å². The molecule has 0 saturated heterocycles. The predicted molar refractivity (Wildman–Crippen MR) is 211 cm³/mol. The topological polar surface area (TPSA) is 75.3 Å².